The van der Waals surface area contributed by atoms with Crippen molar-refractivity contribution in [3.05, 3.63) is 59.2 Å². The SMILES string of the molecule is COc1cc2c(cc1OC)C(c1ccccc1)=NC(C)(C)C2. The van der Waals surface area contributed by atoms with Gasteiger partial charge in [-0.25, -0.2) is 0 Å². The average Bonchev–Trinajstić information content (AvgIpc) is 2.53. The molecule has 0 amide bonds. The summed E-state index contributed by atoms with van der Waals surface area (Å²) in [7, 11) is 3.33. The number of hydrogen-bond donors (Lipinski definition) is 0. The van der Waals surface area contributed by atoms with E-state index in [9.17, 15) is 0 Å². The lowest BCUT2D eigenvalue weighted by molar-refractivity contribution is 0.353. The molecule has 0 unspecified atom stereocenters. The van der Waals surface area contributed by atoms with Crippen LogP contribution in [0.1, 0.15) is 30.5 Å². The van der Waals surface area contributed by atoms with Crippen LogP contribution < -0.4 is 9.47 Å². The first-order chi connectivity index (χ1) is 10.5. The summed E-state index contributed by atoms with van der Waals surface area (Å²) >= 11 is 0. The van der Waals surface area contributed by atoms with E-state index in [-0.39, 0.29) is 5.54 Å². The van der Waals surface area contributed by atoms with E-state index in [4.69, 9.17) is 14.5 Å². The van der Waals surface area contributed by atoms with Crippen LogP contribution in [-0.2, 0) is 6.42 Å². The Morgan fingerprint density at radius 1 is 0.955 bits per heavy atom. The Balaban J connectivity index is 2.21. The molecule has 2 aromatic rings. The van der Waals surface area contributed by atoms with Crippen molar-refractivity contribution in [1.82, 2.24) is 0 Å². The first kappa shape index (κ1) is 14.6. The fourth-order valence-electron chi connectivity index (χ4n) is 2.97. The number of hydrogen-bond acceptors (Lipinski definition) is 3. The molecule has 0 radical (unpaired) electrons. The molecule has 0 bridgehead atoms. The van der Waals surface area contributed by atoms with Crippen molar-refractivity contribution >= 4 is 5.71 Å². The number of fused-ring (bicyclic) bond motifs is 1. The Hall–Kier alpha value is -2.29. The van der Waals surface area contributed by atoms with Crippen molar-refractivity contribution in [3.63, 3.8) is 0 Å². The standard InChI is InChI=1S/C19H21NO2/c1-19(2)12-14-10-16(21-3)17(22-4)11-15(14)18(20-19)13-8-6-5-7-9-13/h5-11H,12H2,1-4H3. The van der Waals surface area contributed by atoms with E-state index in [1.165, 1.54) is 5.56 Å². The zero-order chi connectivity index (χ0) is 15.7. The summed E-state index contributed by atoms with van der Waals surface area (Å²) in [6.45, 7) is 4.32. The largest absolute Gasteiger partial charge is 0.493 e. The van der Waals surface area contributed by atoms with Crippen LogP contribution in [0, 0.1) is 0 Å². The van der Waals surface area contributed by atoms with Crippen LogP contribution in [0.25, 0.3) is 0 Å². The molecule has 1 aliphatic heterocycles. The van der Waals surface area contributed by atoms with E-state index in [0.29, 0.717) is 0 Å². The van der Waals surface area contributed by atoms with Crippen LogP contribution in [0.15, 0.2) is 47.5 Å². The van der Waals surface area contributed by atoms with Crippen LogP contribution in [0.3, 0.4) is 0 Å². The van der Waals surface area contributed by atoms with Gasteiger partial charge in [-0.15, -0.1) is 0 Å². The molecule has 0 saturated heterocycles. The minimum atomic E-state index is -0.127. The molecule has 1 aliphatic rings. The number of rotatable bonds is 3. The summed E-state index contributed by atoms with van der Waals surface area (Å²) in [6.07, 6.45) is 0.888. The number of methoxy groups -OCH3 is 2. The summed E-state index contributed by atoms with van der Waals surface area (Å²) in [6, 6.07) is 14.4. The molecule has 0 aliphatic carbocycles. The van der Waals surface area contributed by atoms with Gasteiger partial charge in [-0.3, -0.25) is 4.99 Å². The fourth-order valence-corrected chi connectivity index (χ4v) is 2.97. The molecule has 22 heavy (non-hydrogen) atoms. The highest BCUT2D eigenvalue weighted by Gasteiger charge is 2.29. The second-order valence-corrected chi connectivity index (χ2v) is 6.18. The van der Waals surface area contributed by atoms with E-state index in [0.717, 1.165) is 34.8 Å². The molecule has 114 valence electrons. The number of ether oxygens (including phenoxy) is 2. The zero-order valence-corrected chi connectivity index (χ0v) is 13.5. The minimum absolute atomic E-state index is 0.127. The van der Waals surface area contributed by atoms with Gasteiger partial charge in [0.05, 0.1) is 25.5 Å². The highest BCUT2D eigenvalue weighted by atomic mass is 16.5. The predicted octanol–water partition coefficient (Wildman–Crippen LogP) is 3.88. The molecule has 3 heteroatoms. The smallest absolute Gasteiger partial charge is 0.161 e. The summed E-state index contributed by atoms with van der Waals surface area (Å²) < 4.78 is 10.9. The second-order valence-electron chi connectivity index (χ2n) is 6.18. The lowest BCUT2D eigenvalue weighted by Gasteiger charge is -2.30. The first-order valence-corrected chi connectivity index (χ1v) is 7.44. The Bertz CT molecular complexity index is 718. The lowest BCUT2D eigenvalue weighted by Crippen LogP contribution is -2.29. The molecule has 0 N–H and O–H groups in total. The Morgan fingerprint density at radius 2 is 1.59 bits per heavy atom. The molecule has 3 rings (SSSR count). The van der Waals surface area contributed by atoms with Gasteiger partial charge in [0, 0.05) is 11.1 Å². The second kappa shape index (κ2) is 5.48. The van der Waals surface area contributed by atoms with Crippen molar-refractivity contribution in [1.29, 1.82) is 0 Å². The van der Waals surface area contributed by atoms with Crippen LogP contribution in [0.5, 0.6) is 11.5 Å². The van der Waals surface area contributed by atoms with Crippen molar-refractivity contribution < 1.29 is 9.47 Å². The molecule has 0 fully saturated rings. The van der Waals surface area contributed by atoms with E-state index < -0.39 is 0 Å². The molecule has 1 heterocycles. The normalized spacial score (nSPS) is 15.7. The predicted molar refractivity (Wildman–Crippen MR) is 89.4 cm³/mol. The topological polar surface area (TPSA) is 30.8 Å². The molecule has 0 spiro atoms. The molecular weight excluding hydrogens is 274 g/mol. The maximum Gasteiger partial charge on any atom is 0.161 e. The highest BCUT2D eigenvalue weighted by molar-refractivity contribution is 6.14. The summed E-state index contributed by atoms with van der Waals surface area (Å²) in [5, 5.41) is 0. The monoisotopic (exact) mass is 295 g/mol. The quantitative estimate of drug-likeness (QED) is 0.860. The van der Waals surface area contributed by atoms with Crippen LogP contribution >= 0.6 is 0 Å². The molecule has 0 saturated carbocycles. The number of benzene rings is 2. The van der Waals surface area contributed by atoms with Crippen molar-refractivity contribution in [2.45, 2.75) is 25.8 Å². The van der Waals surface area contributed by atoms with Gasteiger partial charge in [0.15, 0.2) is 11.5 Å². The van der Waals surface area contributed by atoms with E-state index in [1.54, 1.807) is 14.2 Å². The molecule has 0 atom stereocenters. The summed E-state index contributed by atoms with van der Waals surface area (Å²) in [5.74, 6) is 1.51. The van der Waals surface area contributed by atoms with Gasteiger partial charge in [0.1, 0.15) is 0 Å². The third kappa shape index (κ3) is 2.59. The van der Waals surface area contributed by atoms with E-state index >= 15 is 0 Å². The first-order valence-electron chi connectivity index (χ1n) is 7.44. The Kier molecular flexibility index (Phi) is 3.65. The molecule has 3 nitrogen and oxygen atoms in total. The zero-order valence-electron chi connectivity index (χ0n) is 13.5. The fraction of sp³-hybridized carbons (Fsp3) is 0.316. The molecular formula is C19H21NO2. The lowest BCUT2D eigenvalue weighted by atomic mass is 9.84. The number of aliphatic imine (C=N–C) groups is 1. The molecule has 0 aromatic heterocycles. The van der Waals surface area contributed by atoms with Gasteiger partial charge in [-0.05, 0) is 38.0 Å². The Labute approximate surface area is 131 Å². The van der Waals surface area contributed by atoms with Crippen LogP contribution in [-0.4, -0.2) is 25.5 Å². The van der Waals surface area contributed by atoms with Gasteiger partial charge in [0.2, 0.25) is 0 Å². The third-order valence-electron chi connectivity index (χ3n) is 3.95. The van der Waals surface area contributed by atoms with Crippen molar-refractivity contribution in [2.75, 3.05) is 14.2 Å². The van der Waals surface area contributed by atoms with E-state index in [2.05, 4.69) is 32.0 Å². The van der Waals surface area contributed by atoms with Gasteiger partial charge in [-0.1, -0.05) is 30.3 Å². The van der Waals surface area contributed by atoms with Crippen LogP contribution in [0.2, 0.25) is 0 Å². The third-order valence-corrected chi connectivity index (χ3v) is 3.95. The number of nitrogens with zero attached hydrogens (tertiary/aromatic N) is 1. The summed E-state index contributed by atoms with van der Waals surface area (Å²) in [4.78, 5) is 4.98. The van der Waals surface area contributed by atoms with Gasteiger partial charge < -0.3 is 9.47 Å². The molecule has 2 aromatic carbocycles. The summed E-state index contributed by atoms with van der Waals surface area (Å²) in [5.41, 5.74) is 4.40. The average molecular weight is 295 g/mol. The minimum Gasteiger partial charge on any atom is -0.493 e. The van der Waals surface area contributed by atoms with Gasteiger partial charge in [-0.2, -0.15) is 0 Å². The maximum atomic E-state index is 5.46. The highest BCUT2D eigenvalue weighted by Crippen LogP contribution is 2.37. The van der Waals surface area contributed by atoms with Gasteiger partial charge >= 0.3 is 0 Å². The maximum absolute atomic E-state index is 5.46. The van der Waals surface area contributed by atoms with Crippen molar-refractivity contribution in [2.24, 2.45) is 4.99 Å². The van der Waals surface area contributed by atoms with E-state index in [1.807, 2.05) is 24.3 Å². The van der Waals surface area contributed by atoms with Crippen molar-refractivity contribution in [3.8, 4) is 11.5 Å². The van der Waals surface area contributed by atoms with Crippen LogP contribution in [0.4, 0.5) is 0 Å². The van der Waals surface area contributed by atoms with Gasteiger partial charge in [0.25, 0.3) is 0 Å². The Morgan fingerprint density at radius 3 is 2.23 bits per heavy atom.